The van der Waals surface area contributed by atoms with E-state index in [4.69, 9.17) is 0 Å². The molecular formula is C8H10O. The molecule has 1 heteroatoms. The van der Waals surface area contributed by atoms with Crippen molar-refractivity contribution < 1.29 is 4.79 Å². The highest BCUT2D eigenvalue weighted by molar-refractivity contribution is 5.61. The van der Waals surface area contributed by atoms with Crippen LogP contribution < -0.4 is 0 Å². The van der Waals surface area contributed by atoms with Crippen molar-refractivity contribution in [3.05, 3.63) is 12.2 Å². The lowest BCUT2D eigenvalue weighted by Gasteiger charge is -1.96. The molecule has 0 amide bonds. The Morgan fingerprint density at radius 1 is 1.44 bits per heavy atom. The summed E-state index contributed by atoms with van der Waals surface area (Å²) in [5, 5.41) is 0. The largest absolute Gasteiger partial charge is 0.303 e. The summed E-state index contributed by atoms with van der Waals surface area (Å²) in [6.07, 6.45) is 5.51. The lowest BCUT2D eigenvalue weighted by Crippen LogP contribution is -1.93. The molecule has 2 rings (SSSR count). The second-order valence-corrected chi connectivity index (χ2v) is 3.11. The number of allylic oxidation sites excluding steroid dienone is 2. The summed E-state index contributed by atoms with van der Waals surface area (Å²) < 4.78 is 0. The topological polar surface area (TPSA) is 17.1 Å². The molecule has 0 aromatic rings. The Bertz CT molecular complexity index is 167. The minimum atomic E-state index is 0.380. The summed E-state index contributed by atoms with van der Waals surface area (Å²) in [6.45, 7) is 2.19. The second kappa shape index (κ2) is 1.47. The molecule has 0 heterocycles. The maximum absolute atomic E-state index is 10.3. The summed E-state index contributed by atoms with van der Waals surface area (Å²) in [5.74, 6) is 2.34. The highest BCUT2D eigenvalue weighted by atomic mass is 16.1. The average molecular weight is 122 g/mol. The van der Waals surface area contributed by atoms with E-state index >= 15 is 0 Å². The fourth-order valence-electron chi connectivity index (χ4n) is 1.96. The quantitative estimate of drug-likeness (QED) is 0.378. The monoisotopic (exact) mass is 122 g/mol. The maximum Gasteiger partial charge on any atom is 0.123 e. The fourth-order valence-corrected chi connectivity index (χ4v) is 1.96. The van der Waals surface area contributed by atoms with Gasteiger partial charge in [0.2, 0.25) is 0 Å². The van der Waals surface area contributed by atoms with Gasteiger partial charge in [-0.1, -0.05) is 19.1 Å². The first-order chi connectivity index (χ1) is 4.34. The van der Waals surface area contributed by atoms with Crippen molar-refractivity contribution in [1.82, 2.24) is 0 Å². The van der Waals surface area contributed by atoms with Crippen molar-refractivity contribution in [3.63, 3.8) is 0 Å². The van der Waals surface area contributed by atoms with Crippen LogP contribution in [0.15, 0.2) is 12.2 Å². The zero-order valence-electron chi connectivity index (χ0n) is 5.45. The molecular weight excluding hydrogens is 112 g/mol. The number of hydrogen-bond donors (Lipinski definition) is 0. The van der Waals surface area contributed by atoms with E-state index in [9.17, 15) is 4.79 Å². The molecule has 0 N–H and O–H groups in total. The minimum absolute atomic E-state index is 0.380. The van der Waals surface area contributed by atoms with Crippen molar-refractivity contribution in [2.24, 2.45) is 23.7 Å². The van der Waals surface area contributed by atoms with Gasteiger partial charge in [0.15, 0.2) is 0 Å². The van der Waals surface area contributed by atoms with Gasteiger partial charge in [-0.2, -0.15) is 0 Å². The molecule has 2 aliphatic rings. The van der Waals surface area contributed by atoms with E-state index in [1.165, 1.54) is 0 Å². The van der Waals surface area contributed by atoms with E-state index < -0.39 is 0 Å². The molecule has 0 radical (unpaired) electrons. The van der Waals surface area contributed by atoms with Crippen LogP contribution in [-0.2, 0) is 4.79 Å². The van der Waals surface area contributed by atoms with Gasteiger partial charge in [0.25, 0.3) is 0 Å². The second-order valence-electron chi connectivity index (χ2n) is 3.11. The Labute approximate surface area is 54.8 Å². The van der Waals surface area contributed by atoms with Crippen molar-refractivity contribution in [2.75, 3.05) is 0 Å². The van der Waals surface area contributed by atoms with Gasteiger partial charge >= 0.3 is 0 Å². The first-order valence-corrected chi connectivity index (χ1v) is 3.48. The summed E-state index contributed by atoms with van der Waals surface area (Å²) in [6, 6.07) is 0. The number of rotatable bonds is 1. The number of fused-ring (bicyclic) bond motifs is 1. The van der Waals surface area contributed by atoms with Gasteiger partial charge in [0.05, 0.1) is 0 Å². The molecule has 2 aliphatic carbocycles. The molecule has 9 heavy (non-hydrogen) atoms. The zero-order valence-corrected chi connectivity index (χ0v) is 5.45. The third kappa shape index (κ3) is 0.521. The highest BCUT2D eigenvalue weighted by Gasteiger charge is 2.53. The number of aldehydes is 1. The Balaban J connectivity index is 2.14. The predicted octanol–water partition coefficient (Wildman–Crippen LogP) is 1.25. The third-order valence-electron chi connectivity index (χ3n) is 2.59. The van der Waals surface area contributed by atoms with Gasteiger partial charge in [0.1, 0.15) is 6.29 Å². The van der Waals surface area contributed by atoms with E-state index in [0.717, 1.165) is 6.29 Å². The summed E-state index contributed by atoms with van der Waals surface area (Å²) in [5.41, 5.74) is 0. The lowest BCUT2D eigenvalue weighted by molar-refractivity contribution is -0.109. The van der Waals surface area contributed by atoms with E-state index in [2.05, 4.69) is 19.1 Å². The number of carbonyl (C=O) groups excluding carboxylic acids is 1. The smallest absolute Gasteiger partial charge is 0.123 e. The molecule has 0 aromatic heterocycles. The van der Waals surface area contributed by atoms with Gasteiger partial charge in [-0.05, 0) is 17.8 Å². The highest BCUT2D eigenvalue weighted by Crippen LogP contribution is 2.55. The van der Waals surface area contributed by atoms with Crippen molar-refractivity contribution in [2.45, 2.75) is 6.92 Å². The average Bonchev–Trinajstić information content (AvgIpc) is 2.46. The first kappa shape index (κ1) is 5.21. The molecule has 0 unspecified atom stereocenters. The molecule has 0 aliphatic heterocycles. The van der Waals surface area contributed by atoms with Crippen molar-refractivity contribution in [3.8, 4) is 0 Å². The van der Waals surface area contributed by atoms with E-state index in [1.54, 1.807) is 0 Å². The standard InChI is InChI=1S/C8H10O/c1-5-2-3-6-7(4-9)8(5)6/h2-8H,1H3/t5-,6+,7+,8+/m0/s1. The Morgan fingerprint density at radius 3 is 2.56 bits per heavy atom. The number of hydrogen-bond acceptors (Lipinski definition) is 1. The van der Waals surface area contributed by atoms with Gasteiger partial charge in [-0.3, -0.25) is 0 Å². The molecule has 0 saturated heterocycles. The predicted molar refractivity (Wildman–Crippen MR) is 34.8 cm³/mol. The van der Waals surface area contributed by atoms with Crippen LogP contribution in [0.25, 0.3) is 0 Å². The normalized spacial score (nSPS) is 53.0. The van der Waals surface area contributed by atoms with Gasteiger partial charge in [0, 0.05) is 5.92 Å². The third-order valence-corrected chi connectivity index (χ3v) is 2.59. The zero-order chi connectivity index (χ0) is 6.43. The minimum Gasteiger partial charge on any atom is -0.303 e. The summed E-state index contributed by atoms with van der Waals surface area (Å²) in [7, 11) is 0. The van der Waals surface area contributed by atoms with Gasteiger partial charge in [-0.25, -0.2) is 0 Å². The molecule has 0 aromatic carbocycles. The summed E-state index contributed by atoms with van der Waals surface area (Å²) in [4.78, 5) is 10.3. The van der Waals surface area contributed by atoms with Crippen LogP contribution in [0, 0.1) is 23.7 Å². The van der Waals surface area contributed by atoms with Crippen LogP contribution in [0.4, 0.5) is 0 Å². The van der Waals surface area contributed by atoms with Gasteiger partial charge < -0.3 is 4.79 Å². The summed E-state index contributed by atoms with van der Waals surface area (Å²) >= 11 is 0. The van der Waals surface area contributed by atoms with Crippen LogP contribution >= 0.6 is 0 Å². The Morgan fingerprint density at radius 2 is 2.22 bits per heavy atom. The molecule has 1 nitrogen and oxygen atoms in total. The van der Waals surface area contributed by atoms with E-state index in [1.807, 2.05) is 0 Å². The molecule has 0 bridgehead atoms. The molecule has 1 saturated carbocycles. The number of carbonyl (C=O) groups is 1. The first-order valence-electron chi connectivity index (χ1n) is 3.48. The Hall–Kier alpha value is -0.590. The van der Waals surface area contributed by atoms with Crippen LogP contribution in [0.3, 0.4) is 0 Å². The van der Waals surface area contributed by atoms with Crippen LogP contribution in [0.2, 0.25) is 0 Å². The van der Waals surface area contributed by atoms with Crippen molar-refractivity contribution in [1.29, 1.82) is 0 Å². The van der Waals surface area contributed by atoms with Crippen LogP contribution in [0.5, 0.6) is 0 Å². The van der Waals surface area contributed by atoms with E-state index in [-0.39, 0.29) is 0 Å². The molecule has 0 spiro atoms. The van der Waals surface area contributed by atoms with Gasteiger partial charge in [-0.15, -0.1) is 0 Å². The van der Waals surface area contributed by atoms with Crippen LogP contribution in [-0.4, -0.2) is 6.29 Å². The Kier molecular flexibility index (Phi) is 0.850. The fraction of sp³-hybridized carbons (Fsp3) is 0.625. The van der Waals surface area contributed by atoms with Crippen LogP contribution in [0.1, 0.15) is 6.92 Å². The maximum atomic E-state index is 10.3. The lowest BCUT2D eigenvalue weighted by atomic mass is 10.1. The molecule has 48 valence electrons. The SMILES string of the molecule is C[C@H]1C=C[C@@H]2[C@@H](C=O)[C@@H]21. The molecule has 4 atom stereocenters. The van der Waals surface area contributed by atoms with Crippen molar-refractivity contribution >= 4 is 6.29 Å². The van der Waals surface area contributed by atoms with E-state index in [0.29, 0.717) is 23.7 Å². The molecule has 1 fully saturated rings.